The maximum Gasteiger partial charge on any atom is 0.340 e. The topological polar surface area (TPSA) is 88.6 Å². The fourth-order valence-electron chi connectivity index (χ4n) is 3.48. The first-order valence-corrected chi connectivity index (χ1v) is 9.70. The lowest BCUT2D eigenvalue weighted by Crippen LogP contribution is -2.18. The predicted molar refractivity (Wildman–Crippen MR) is 111 cm³/mol. The number of carbonyl (C=O) groups is 2. The van der Waals surface area contributed by atoms with Gasteiger partial charge in [0.2, 0.25) is 0 Å². The summed E-state index contributed by atoms with van der Waals surface area (Å²) in [6.45, 7) is 5.67. The Hall–Kier alpha value is -2.99. The first-order chi connectivity index (χ1) is 13.9. The van der Waals surface area contributed by atoms with E-state index in [9.17, 15) is 14.7 Å². The number of aryl methyl sites for hydroxylation is 1. The van der Waals surface area contributed by atoms with Crippen molar-refractivity contribution in [3.05, 3.63) is 63.8 Å². The van der Waals surface area contributed by atoms with Crippen molar-refractivity contribution in [1.82, 2.24) is 4.98 Å². The van der Waals surface area contributed by atoms with Crippen LogP contribution in [0.4, 0.5) is 0 Å². The number of hydrogen-bond acceptors (Lipinski definition) is 5. The molecule has 1 unspecified atom stereocenters. The molecule has 1 aromatic heterocycles. The quantitative estimate of drug-likeness (QED) is 0.569. The number of carbonyl (C=O) groups excluding carboxylic acids is 2. The Morgan fingerprint density at radius 1 is 1.14 bits per heavy atom. The van der Waals surface area contributed by atoms with Crippen LogP contribution >= 0.6 is 11.6 Å². The Morgan fingerprint density at radius 2 is 1.86 bits per heavy atom. The number of hydrogen-bond donors (Lipinski definition) is 2. The Morgan fingerprint density at radius 3 is 2.52 bits per heavy atom. The van der Waals surface area contributed by atoms with Crippen molar-refractivity contribution in [3.8, 4) is 5.75 Å². The zero-order valence-electron chi connectivity index (χ0n) is 16.4. The van der Waals surface area contributed by atoms with Crippen LogP contribution in [0.15, 0.2) is 36.4 Å². The summed E-state index contributed by atoms with van der Waals surface area (Å²) >= 11 is 5.94. The second kappa shape index (κ2) is 8.57. The highest BCUT2D eigenvalue weighted by atomic mass is 35.5. The van der Waals surface area contributed by atoms with Gasteiger partial charge in [0.15, 0.2) is 0 Å². The molecule has 152 valence electrons. The van der Waals surface area contributed by atoms with Gasteiger partial charge in [0.25, 0.3) is 0 Å². The number of esters is 2. The molecule has 0 amide bonds. The van der Waals surface area contributed by atoms with E-state index < -0.39 is 17.9 Å². The van der Waals surface area contributed by atoms with Gasteiger partial charge in [-0.3, -0.25) is 4.79 Å². The molecule has 1 atom stereocenters. The number of aromatic nitrogens is 1. The molecule has 2 aromatic carbocycles. The smallest absolute Gasteiger partial charge is 0.340 e. The summed E-state index contributed by atoms with van der Waals surface area (Å²) in [6.07, 6.45) is 0. The summed E-state index contributed by atoms with van der Waals surface area (Å²) in [5.41, 5.74) is 2.81. The number of aromatic hydroxyl groups is 1. The second-order valence-electron chi connectivity index (χ2n) is 6.51. The van der Waals surface area contributed by atoms with E-state index in [4.69, 9.17) is 21.1 Å². The normalized spacial score (nSPS) is 12.0. The number of phenolic OH excluding ortho intramolecular Hbond substituents is 1. The molecular weight excluding hydrogens is 394 g/mol. The van der Waals surface area contributed by atoms with Crippen molar-refractivity contribution in [2.24, 2.45) is 0 Å². The molecule has 0 aliphatic rings. The molecule has 0 bridgehead atoms. The number of halogens is 1. The van der Waals surface area contributed by atoms with Crippen LogP contribution < -0.4 is 0 Å². The van der Waals surface area contributed by atoms with Crippen LogP contribution in [0.3, 0.4) is 0 Å². The molecule has 1 heterocycles. The van der Waals surface area contributed by atoms with Crippen molar-refractivity contribution >= 4 is 34.4 Å². The molecule has 0 fully saturated rings. The van der Waals surface area contributed by atoms with Gasteiger partial charge in [0.1, 0.15) is 11.7 Å². The number of fused-ring (bicyclic) bond motifs is 1. The fraction of sp³-hybridized carbons (Fsp3) is 0.273. The van der Waals surface area contributed by atoms with Crippen LogP contribution in [0.2, 0.25) is 5.02 Å². The molecule has 0 aliphatic heterocycles. The lowest BCUT2D eigenvalue weighted by atomic mass is 9.87. The van der Waals surface area contributed by atoms with Crippen LogP contribution in [-0.2, 0) is 14.3 Å². The molecule has 6 nitrogen and oxygen atoms in total. The van der Waals surface area contributed by atoms with Gasteiger partial charge in [0.05, 0.1) is 23.8 Å². The number of H-pyrrole nitrogens is 1. The van der Waals surface area contributed by atoms with E-state index in [1.807, 2.05) is 6.07 Å². The fourth-order valence-corrected chi connectivity index (χ4v) is 3.60. The summed E-state index contributed by atoms with van der Waals surface area (Å²) in [4.78, 5) is 28.7. The first kappa shape index (κ1) is 20.7. The SMILES string of the molecule is CCOC(=O)c1c(C)[nH]c2cccc(C(C(=O)OCC)c3ccc(Cl)c(O)c3)c12. The molecule has 3 aromatic rings. The molecule has 3 rings (SSSR count). The van der Waals surface area contributed by atoms with Gasteiger partial charge in [-0.05, 0) is 50.1 Å². The van der Waals surface area contributed by atoms with E-state index in [2.05, 4.69) is 4.98 Å². The van der Waals surface area contributed by atoms with Crippen molar-refractivity contribution < 1.29 is 24.2 Å². The van der Waals surface area contributed by atoms with E-state index in [-0.39, 0.29) is 24.0 Å². The number of nitrogens with one attached hydrogen (secondary N) is 1. The third-order valence-electron chi connectivity index (χ3n) is 4.66. The lowest BCUT2D eigenvalue weighted by Gasteiger charge is -2.19. The van der Waals surface area contributed by atoms with Gasteiger partial charge in [-0.15, -0.1) is 0 Å². The highest BCUT2D eigenvalue weighted by Crippen LogP contribution is 2.37. The van der Waals surface area contributed by atoms with Crippen LogP contribution in [0.5, 0.6) is 5.75 Å². The number of rotatable bonds is 6. The minimum absolute atomic E-state index is 0.137. The van der Waals surface area contributed by atoms with Gasteiger partial charge in [-0.1, -0.05) is 29.8 Å². The lowest BCUT2D eigenvalue weighted by molar-refractivity contribution is -0.143. The van der Waals surface area contributed by atoms with Gasteiger partial charge in [-0.2, -0.15) is 0 Å². The van der Waals surface area contributed by atoms with E-state index >= 15 is 0 Å². The largest absolute Gasteiger partial charge is 0.506 e. The maximum atomic E-state index is 12.9. The summed E-state index contributed by atoms with van der Waals surface area (Å²) in [6, 6.07) is 10.0. The minimum Gasteiger partial charge on any atom is -0.506 e. The number of phenols is 1. The minimum atomic E-state index is -0.856. The monoisotopic (exact) mass is 415 g/mol. The number of benzene rings is 2. The standard InChI is InChI=1S/C22H22ClNO5/c1-4-28-21(26)18-12(3)24-16-8-6-7-14(20(16)18)19(22(27)29-5-2)13-9-10-15(23)17(25)11-13/h6-11,19,24-25H,4-5H2,1-3H3. The van der Waals surface area contributed by atoms with E-state index in [0.717, 1.165) is 0 Å². The van der Waals surface area contributed by atoms with Crippen molar-refractivity contribution in [2.45, 2.75) is 26.7 Å². The first-order valence-electron chi connectivity index (χ1n) is 9.32. The molecule has 0 radical (unpaired) electrons. The zero-order valence-corrected chi connectivity index (χ0v) is 17.2. The second-order valence-corrected chi connectivity index (χ2v) is 6.92. The third-order valence-corrected chi connectivity index (χ3v) is 4.98. The zero-order chi connectivity index (χ0) is 21.1. The van der Waals surface area contributed by atoms with Gasteiger partial charge in [-0.25, -0.2) is 4.79 Å². The molecule has 7 heteroatoms. The number of aromatic amines is 1. The molecular formula is C22H22ClNO5. The van der Waals surface area contributed by atoms with Crippen LogP contribution in [0.1, 0.15) is 46.9 Å². The Labute approximate surface area is 173 Å². The summed E-state index contributed by atoms with van der Waals surface area (Å²) in [7, 11) is 0. The van der Waals surface area contributed by atoms with Crippen LogP contribution in [0.25, 0.3) is 10.9 Å². The Balaban J connectivity index is 2.28. The molecule has 0 aliphatic carbocycles. The number of ether oxygens (including phenoxy) is 2. The van der Waals surface area contributed by atoms with Crippen molar-refractivity contribution in [3.63, 3.8) is 0 Å². The van der Waals surface area contributed by atoms with E-state index in [1.54, 1.807) is 39.0 Å². The Kier molecular flexibility index (Phi) is 6.13. The van der Waals surface area contributed by atoms with E-state index in [0.29, 0.717) is 33.3 Å². The summed E-state index contributed by atoms with van der Waals surface area (Å²) < 4.78 is 10.5. The molecule has 2 N–H and O–H groups in total. The predicted octanol–water partition coefficient (Wildman–Crippen LogP) is 4.71. The molecule has 0 saturated heterocycles. The highest BCUT2D eigenvalue weighted by Gasteiger charge is 2.30. The molecule has 29 heavy (non-hydrogen) atoms. The van der Waals surface area contributed by atoms with Gasteiger partial charge in [0, 0.05) is 16.6 Å². The third kappa shape index (κ3) is 3.93. The van der Waals surface area contributed by atoms with Crippen molar-refractivity contribution in [2.75, 3.05) is 13.2 Å². The van der Waals surface area contributed by atoms with Crippen molar-refractivity contribution in [1.29, 1.82) is 0 Å². The van der Waals surface area contributed by atoms with Crippen LogP contribution in [-0.4, -0.2) is 35.2 Å². The molecule has 0 saturated carbocycles. The van der Waals surface area contributed by atoms with Crippen LogP contribution in [0, 0.1) is 6.92 Å². The average Bonchev–Trinajstić information content (AvgIpc) is 3.02. The maximum absolute atomic E-state index is 12.9. The van der Waals surface area contributed by atoms with E-state index in [1.165, 1.54) is 12.1 Å². The highest BCUT2D eigenvalue weighted by molar-refractivity contribution is 6.32. The summed E-state index contributed by atoms with van der Waals surface area (Å²) in [5.74, 6) is -1.95. The molecule has 0 spiro atoms. The van der Waals surface area contributed by atoms with Gasteiger partial charge >= 0.3 is 11.9 Å². The Bertz CT molecular complexity index is 1070. The summed E-state index contributed by atoms with van der Waals surface area (Å²) in [5, 5.41) is 10.8. The average molecular weight is 416 g/mol. The van der Waals surface area contributed by atoms with Gasteiger partial charge < -0.3 is 19.6 Å².